The SMILES string of the molecule is CC(=O)N1CCc2c(c(Cc3ccc(-c4ccc(N)nc4)cc3)nn2C)C1. The highest BCUT2D eigenvalue weighted by Gasteiger charge is 2.25. The van der Waals surface area contributed by atoms with Crippen molar-refractivity contribution in [3.05, 3.63) is 65.1 Å². The molecule has 6 heteroatoms. The number of carbonyl (C=O) groups is 1. The number of nitrogens with zero attached hydrogens (tertiary/aromatic N) is 4. The van der Waals surface area contributed by atoms with Gasteiger partial charge >= 0.3 is 0 Å². The molecule has 1 amide bonds. The van der Waals surface area contributed by atoms with Crippen molar-refractivity contribution in [2.45, 2.75) is 26.3 Å². The van der Waals surface area contributed by atoms with Crippen LogP contribution >= 0.6 is 0 Å². The van der Waals surface area contributed by atoms with Crippen molar-refractivity contribution in [2.75, 3.05) is 12.3 Å². The summed E-state index contributed by atoms with van der Waals surface area (Å²) in [6.07, 6.45) is 3.41. The van der Waals surface area contributed by atoms with E-state index in [9.17, 15) is 4.79 Å². The number of hydrogen-bond acceptors (Lipinski definition) is 4. The first-order chi connectivity index (χ1) is 13.0. The lowest BCUT2D eigenvalue weighted by Gasteiger charge is -2.26. The fourth-order valence-electron chi connectivity index (χ4n) is 3.66. The summed E-state index contributed by atoms with van der Waals surface area (Å²) in [4.78, 5) is 17.8. The quantitative estimate of drug-likeness (QED) is 0.778. The fourth-order valence-corrected chi connectivity index (χ4v) is 3.66. The van der Waals surface area contributed by atoms with Gasteiger partial charge in [-0.1, -0.05) is 24.3 Å². The van der Waals surface area contributed by atoms with Crippen LogP contribution in [0.25, 0.3) is 11.1 Å². The summed E-state index contributed by atoms with van der Waals surface area (Å²) >= 11 is 0. The molecular weight excluding hydrogens is 338 g/mol. The van der Waals surface area contributed by atoms with Crippen LogP contribution < -0.4 is 5.73 Å². The average molecular weight is 361 g/mol. The third kappa shape index (κ3) is 3.43. The number of nitrogens with two attached hydrogens (primary N) is 1. The second kappa shape index (κ2) is 6.87. The van der Waals surface area contributed by atoms with Crippen LogP contribution in [0.4, 0.5) is 5.82 Å². The molecule has 0 atom stereocenters. The van der Waals surface area contributed by atoms with Crippen molar-refractivity contribution in [3.63, 3.8) is 0 Å². The Morgan fingerprint density at radius 2 is 1.89 bits per heavy atom. The molecule has 3 heterocycles. The topological polar surface area (TPSA) is 77.0 Å². The number of aryl methyl sites for hydroxylation is 1. The van der Waals surface area contributed by atoms with Crippen LogP contribution in [0.5, 0.6) is 0 Å². The number of benzene rings is 1. The molecule has 6 nitrogen and oxygen atoms in total. The molecule has 1 aliphatic heterocycles. The van der Waals surface area contributed by atoms with Crippen molar-refractivity contribution in [3.8, 4) is 11.1 Å². The van der Waals surface area contributed by atoms with E-state index in [0.717, 1.165) is 36.2 Å². The Balaban J connectivity index is 1.56. The molecule has 0 saturated carbocycles. The van der Waals surface area contributed by atoms with Crippen molar-refractivity contribution < 1.29 is 4.79 Å². The first-order valence-electron chi connectivity index (χ1n) is 9.11. The van der Waals surface area contributed by atoms with Gasteiger partial charge in [0.05, 0.1) is 5.69 Å². The highest BCUT2D eigenvalue weighted by Crippen LogP contribution is 2.25. The number of amides is 1. The van der Waals surface area contributed by atoms with Gasteiger partial charge in [-0.05, 0) is 23.3 Å². The maximum atomic E-state index is 11.8. The zero-order chi connectivity index (χ0) is 19.0. The molecule has 2 aromatic heterocycles. The van der Waals surface area contributed by atoms with E-state index >= 15 is 0 Å². The zero-order valence-corrected chi connectivity index (χ0v) is 15.6. The van der Waals surface area contributed by atoms with Gasteiger partial charge in [0, 0.05) is 62.9 Å². The second-order valence-electron chi connectivity index (χ2n) is 7.03. The van der Waals surface area contributed by atoms with Crippen molar-refractivity contribution in [1.29, 1.82) is 0 Å². The van der Waals surface area contributed by atoms with Crippen molar-refractivity contribution in [2.24, 2.45) is 7.05 Å². The Labute approximate surface area is 158 Å². The Bertz CT molecular complexity index is 973. The van der Waals surface area contributed by atoms with Gasteiger partial charge in [0.1, 0.15) is 5.82 Å². The van der Waals surface area contributed by atoms with Gasteiger partial charge in [-0.25, -0.2) is 4.98 Å². The largest absolute Gasteiger partial charge is 0.384 e. The molecule has 1 aliphatic rings. The summed E-state index contributed by atoms with van der Waals surface area (Å²) in [6.45, 7) is 3.06. The summed E-state index contributed by atoms with van der Waals surface area (Å²) in [5, 5.41) is 4.73. The first kappa shape index (κ1) is 17.3. The number of nitrogen functional groups attached to an aromatic ring is 1. The molecule has 27 heavy (non-hydrogen) atoms. The minimum atomic E-state index is 0.122. The third-order valence-electron chi connectivity index (χ3n) is 5.22. The predicted molar refractivity (Wildman–Crippen MR) is 105 cm³/mol. The third-order valence-corrected chi connectivity index (χ3v) is 5.22. The molecular formula is C21H23N5O. The molecule has 0 radical (unpaired) electrons. The molecule has 0 unspecified atom stereocenters. The lowest BCUT2D eigenvalue weighted by atomic mass is 9.99. The van der Waals surface area contributed by atoms with Crippen LogP contribution in [0.1, 0.15) is 29.4 Å². The normalized spacial score (nSPS) is 13.5. The maximum absolute atomic E-state index is 11.8. The highest BCUT2D eigenvalue weighted by molar-refractivity contribution is 5.73. The van der Waals surface area contributed by atoms with Crippen LogP contribution in [-0.4, -0.2) is 32.1 Å². The lowest BCUT2D eigenvalue weighted by Crippen LogP contribution is -2.34. The zero-order valence-electron chi connectivity index (χ0n) is 15.6. The minimum absolute atomic E-state index is 0.122. The highest BCUT2D eigenvalue weighted by atomic mass is 16.2. The van der Waals surface area contributed by atoms with Crippen LogP contribution in [0.3, 0.4) is 0 Å². The van der Waals surface area contributed by atoms with E-state index in [4.69, 9.17) is 10.8 Å². The summed E-state index contributed by atoms with van der Waals surface area (Å²) in [5.74, 6) is 0.645. The number of anilines is 1. The Morgan fingerprint density at radius 1 is 1.15 bits per heavy atom. The number of aromatic nitrogens is 3. The smallest absolute Gasteiger partial charge is 0.219 e. The number of carbonyl (C=O) groups excluding carboxylic acids is 1. The summed E-state index contributed by atoms with van der Waals surface area (Å²) in [5.41, 5.74) is 12.5. The molecule has 2 N–H and O–H groups in total. The molecule has 138 valence electrons. The lowest BCUT2D eigenvalue weighted by molar-refractivity contribution is -0.129. The number of fused-ring (bicyclic) bond motifs is 1. The standard InChI is InChI=1S/C21H23N5O/c1-14(27)26-10-9-20-18(13-26)19(24-25(20)2)11-15-3-5-16(6-4-15)17-7-8-21(22)23-12-17/h3-8,12H,9-11,13H2,1-2H3,(H2,22,23). The van der Waals surface area contributed by atoms with E-state index in [1.165, 1.54) is 16.8 Å². The molecule has 0 saturated heterocycles. The number of pyridine rings is 1. The van der Waals surface area contributed by atoms with Crippen LogP contribution in [0.2, 0.25) is 0 Å². The molecule has 0 spiro atoms. The van der Waals surface area contributed by atoms with Gasteiger partial charge in [-0.2, -0.15) is 5.10 Å². The average Bonchev–Trinajstić information content (AvgIpc) is 2.98. The number of rotatable bonds is 3. The monoisotopic (exact) mass is 361 g/mol. The predicted octanol–water partition coefficient (Wildman–Crippen LogP) is 2.56. The Kier molecular flexibility index (Phi) is 4.39. The fraction of sp³-hybridized carbons (Fsp3) is 0.286. The molecule has 0 aliphatic carbocycles. The summed E-state index contributed by atoms with van der Waals surface area (Å²) < 4.78 is 1.97. The molecule has 1 aromatic carbocycles. The molecule has 0 bridgehead atoms. The first-order valence-corrected chi connectivity index (χ1v) is 9.11. The van der Waals surface area contributed by atoms with Gasteiger partial charge in [-0.3, -0.25) is 9.48 Å². The van der Waals surface area contributed by atoms with Gasteiger partial charge in [0.2, 0.25) is 5.91 Å². The number of hydrogen-bond donors (Lipinski definition) is 1. The van der Waals surface area contributed by atoms with Crippen LogP contribution in [0, 0.1) is 0 Å². The van der Waals surface area contributed by atoms with Gasteiger partial charge in [0.15, 0.2) is 0 Å². The summed E-state index contributed by atoms with van der Waals surface area (Å²) in [6, 6.07) is 12.2. The minimum Gasteiger partial charge on any atom is -0.384 e. The molecule has 0 fully saturated rings. The Morgan fingerprint density at radius 3 is 2.56 bits per heavy atom. The molecule has 4 rings (SSSR count). The van der Waals surface area contributed by atoms with Crippen LogP contribution in [-0.2, 0) is 31.2 Å². The van der Waals surface area contributed by atoms with E-state index in [0.29, 0.717) is 12.4 Å². The van der Waals surface area contributed by atoms with Gasteiger partial charge < -0.3 is 10.6 Å². The molecule has 3 aromatic rings. The van der Waals surface area contributed by atoms with E-state index in [-0.39, 0.29) is 5.91 Å². The van der Waals surface area contributed by atoms with E-state index in [1.807, 2.05) is 28.8 Å². The maximum Gasteiger partial charge on any atom is 0.219 e. The van der Waals surface area contributed by atoms with Crippen molar-refractivity contribution >= 4 is 11.7 Å². The van der Waals surface area contributed by atoms with E-state index in [2.05, 4.69) is 29.2 Å². The Hall–Kier alpha value is -3.15. The van der Waals surface area contributed by atoms with Gasteiger partial charge in [0.25, 0.3) is 0 Å². The van der Waals surface area contributed by atoms with Crippen molar-refractivity contribution in [1.82, 2.24) is 19.7 Å². The van der Waals surface area contributed by atoms with E-state index < -0.39 is 0 Å². The van der Waals surface area contributed by atoms with Gasteiger partial charge in [-0.15, -0.1) is 0 Å². The summed E-state index contributed by atoms with van der Waals surface area (Å²) in [7, 11) is 1.99. The van der Waals surface area contributed by atoms with Crippen LogP contribution in [0.15, 0.2) is 42.6 Å². The second-order valence-corrected chi connectivity index (χ2v) is 7.03. The van der Waals surface area contributed by atoms with E-state index in [1.54, 1.807) is 13.1 Å².